The van der Waals surface area contributed by atoms with Gasteiger partial charge in [0.15, 0.2) is 0 Å². The molecule has 2 aliphatic rings. The van der Waals surface area contributed by atoms with E-state index in [1.807, 2.05) is 30.3 Å². The number of nitrogens with zero attached hydrogens (tertiary/aromatic N) is 4. The van der Waals surface area contributed by atoms with Crippen molar-refractivity contribution in [2.45, 2.75) is 25.2 Å². The number of H-pyrrole nitrogens is 1. The number of nitriles is 1. The van der Waals surface area contributed by atoms with E-state index in [4.69, 9.17) is 0 Å². The average molecular weight is 495 g/mol. The Balaban J connectivity index is 1.32. The van der Waals surface area contributed by atoms with E-state index in [1.54, 1.807) is 6.20 Å². The summed E-state index contributed by atoms with van der Waals surface area (Å²) in [5.41, 5.74) is 2.52. The zero-order valence-corrected chi connectivity index (χ0v) is 19.6. The van der Waals surface area contributed by atoms with Gasteiger partial charge in [0.2, 0.25) is 5.95 Å². The summed E-state index contributed by atoms with van der Waals surface area (Å²) in [7, 11) is 2.12. The first-order valence-corrected chi connectivity index (χ1v) is 11.6. The molecular formula is C25H25F3N8. The molecule has 1 fully saturated rings. The highest BCUT2D eigenvalue weighted by molar-refractivity contribution is 5.85. The van der Waals surface area contributed by atoms with E-state index in [-0.39, 0.29) is 23.8 Å². The average Bonchev–Trinajstić information content (AvgIpc) is 3.48. The molecule has 4 heterocycles. The third-order valence-electron chi connectivity index (χ3n) is 6.39. The summed E-state index contributed by atoms with van der Waals surface area (Å²) >= 11 is 0. The quantitative estimate of drug-likeness (QED) is 0.402. The first kappa shape index (κ1) is 23.7. The smallest absolute Gasteiger partial charge is 0.381 e. The fourth-order valence-electron chi connectivity index (χ4n) is 4.46. The molecule has 1 unspecified atom stereocenters. The zero-order valence-electron chi connectivity index (χ0n) is 19.6. The maximum Gasteiger partial charge on any atom is 0.414 e. The van der Waals surface area contributed by atoms with Crippen LogP contribution in [0.15, 0.2) is 42.2 Å². The second-order valence-corrected chi connectivity index (χ2v) is 9.02. The monoisotopic (exact) mass is 494 g/mol. The van der Waals surface area contributed by atoms with Crippen LogP contribution in [0.1, 0.15) is 23.1 Å². The molecule has 0 bridgehead atoms. The van der Waals surface area contributed by atoms with Crippen molar-refractivity contribution in [3.8, 4) is 17.3 Å². The summed E-state index contributed by atoms with van der Waals surface area (Å²) in [5, 5.41) is 19.0. The lowest BCUT2D eigenvalue weighted by molar-refractivity contribution is -0.0909. The second kappa shape index (κ2) is 9.54. The molecule has 36 heavy (non-hydrogen) atoms. The fourth-order valence-corrected chi connectivity index (χ4v) is 4.46. The predicted molar refractivity (Wildman–Crippen MR) is 132 cm³/mol. The first-order valence-electron chi connectivity index (χ1n) is 11.6. The molecule has 8 nitrogen and oxygen atoms in total. The minimum atomic E-state index is -4.45. The van der Waals surface area contributed by atoms with Gasteiger partial charge >= 0.3 is 6.18 Å². The third kappa shape index (κ3) is 4.99. The van der Waals surface area contributed by atoms with Crippen LogP contribution in [0, 0.1) is 11.3 Å². The highest BCUT2D eigenvalue weighted by Crippen LogP contribution is 2.38. The molecule has 4 N–H and O–H groups in total. The molecule has 0 spiro atoms. The number of aromatic nitrogens is 3. The topological polar surface area (TPSA) is 105 Å². The van der Waals surface area contributed by atoms with Crippen molar-refractivity contribution in [2.75, 3.05) is 42.6 Å². The van der Waals surface area contributed by atoms with Crippen LogP contribution in [0.3, 0.4) is 0 Å². The molecule has 1 atom stereocenters. The van der Waals surface area contributed by atoms with Gasteiger partial charge < -0.3 is 25.8 Å². The molecule has 3 aromatic rings. The minimum Gasteiger partial charge on any atom is -0.381 e. The van der Waals surface area contributed by atoms with Gasteiger partial charge in [-0.3, -0.25) is 0 Å². The van der Waals surface area contributed by atoms with Gasteiger partial charge in [-0.15, -0.1) is 0 Å². The molecule has 11 heteroatoms. The maximum absolute atomic E-state index is 13.3. The van der Waals surface area contributed by atoms with Crippen LogP contribution in [0.25, 0.3) is 17.3 Å². The number of hydrogen-bond donors (Lipinski definition) is 4. The van der Waals surface area contributed by atoms with Crippen LogP contribution in [0.4, 0.5) is 30.6 Å². The Labute approximate surface area is 206 Å². The molecular weight excluding hydrogens is 469 g/mol. The van der Waals surface area contributed by atoms with Crippen LogP contribution in [-0.2, 0) is 6.54 Å². The van der Waals surface area contributed by atoms with Gasteiger partial charge in [-0.05, 0) is 43.8 Å². The van der Waals surface area contributed by atoms with E-state index in [9.17, 15) is 18.4 Å². The Hall–Kier alpha value is -4.04. The molecule has 0 radical (unpaired) electrons. The van der Waals surface area contributed by atoms with Gasteiger partial charge in [0, 0.05) is 48.7 Å². The Morgan fingerprint density at radius 1 is 1.25 bits per heavy atom. The lowest BCUT2D eigenvalue weighted by atomic mass is 10.0. The number of aromatic amines is 1. The van der Waals surface area contributed by atoms with Gasteiger partial charge in [-0.2, -0.15) is 18.4 Å². The van der Waals surface area contributed by atoms with E-state index in [0.717, 1.165) is 36.8 Å². The van der Waals surface area contributed by atoms with Gasteiger partial charge in [-0.1, -0.05) is 12.1 Å². The molecule has 1 saturated heterocycles. The van der Waals surface area contributed by atoms with E-state index in [0.29, 0.717) is 29.5 Å². The van der Waals surface area contributed by atoms with Crippen molar-refractivity contribution in [3.63, 3.8) is 0 Å². The van der Waals surface area contributed by atoms with Gasteiger partial charge in [0.25, 0.3) is 0 Å². The van der Waals surface area contributed by atoms with E-state index < -0.39 is 11.7 Å². The van der Waals surface area contributed by atoms with Gasteiger partial charge in [0.05, 0.1) is 23.0 Å². The zero-order chi connectivity index (χ0) is 25.3. The Kier molecular flexibility index (Phi) is 6.28. The van der Waals surface area contributed by atoms with E-state index in [2.05, 4.69) is 42.8 Å². The lowest BCUT2D eigenvalue weighted by Crippen LogP contribution is -2.23. The minimum absolute atomic E-state index is 0.169. The number of alkyl halides is 3. The molecule has 5 rings (SSSR count). The number of likely N-dealkylation sites (tertiary alicyclic amines) is 1. The second-order valence-electron chi connectivity index (χ2n) is 9.02. The lowest BCUT2D eigenvalue weighted by Gasteiger charge is -2.18. The van der Waals surface area contributed by atoms with Crippen molar-refractivity contribution < 1.29 is 13.2 Å². The van der Waals surface area contributed by atoms with Crippen molar-refractivity contribution >= 4 is 23.5 Å². The van der Waals surface area contributed by atoms with E-state index >= 15 is 0 Å². The summed E-state index contributed by atoms with van der Waals surface area (Å²) in [6.07, 6.45) is 0.682. The number of anilines is 3. The van der Waals surface area contributed by atoms with Crippen LogP contribution in [0.5, 0.6) is 0 Å². The molecule has 0 amide bonds. The van der Waals surface area contributed by atoms with Crippen molar-refractivity contribution in [1.29, 1.82) is 5.26 Å². The molecule has 2 aliphatic heterocycles. The molecule has 186 valence electrons. The molecule has 0 aliphatic carbocycles. The summed E-state index contributed by atoms with van der Waals surface area (Å²) in [6.45, 7) is 2.23. The van der Waals surface area contributed by atoms with Crippen molar-refractivity contribution in [3.05, 3.63) is 58.9 Å². The summed E-state index contributed by atoms with van der Waals surface area (Å²) < 4.78 is 39.8. The van der Waals surface area contributed by atoms with Crippen molar-refractivity contribution in [1.82, 2.24) is 19.9 Å². The number of benzene rings is 1. The number of hydrogen-bond acceptors (Lipinski definition) is 7. The van der Waals surface area contributed by atoms with Gasteiger partial charge in [0.1, 0.15) is 11.9 Å². The number of rotatable bonds is 6. The highest BCUT2D eigenvalue weighted by atomic mass is 19.4. The first-order chi connectivity index (χ1) is 17.3. The molecule has 1 aromatic carbocycles. The predicted octanol–water partition coefficient (Wildman–Crippen LogP) is 4.44. The number of fused-ring (bicyclic) bond motifs is 1. The molecule has 0 saturated carbocycles. The largest absolute Gasteiger partial charge is 0.414 e. The summed E-state index contributed by atoms with van der Waals surface area (Å²) in [4.78, 5) is 13.9. The standard InChI is InChI=1S/C25H25F3N8/c1-36-7-6-19(14-36)34-18-4-2-15(3-5-18)10-32-24-33-11-16(9-29)22(35-24)21-13-31-23-20(21)8-17(12-30-23)25(26,27)28/h2-5,8,11,13,19,30-31,34H,6-7,10,12,14H2,1H3,(H,32,33,35). The maximum atomic E-state index is 13.3. The van der Waals surface area contributed by atoms with Crippen LogP contribution in [-0.4, -0.2) is 58.8 Å². The van der Waals surface area contributed by atoms with Gasteiger partial charge in [-0.25, -0.2) is 9.97 Å². The summed E-state index contributed by atoms with van der Waals surface area (Å²) in [6, 6.07) is 10.6. The van der Waals surface area contributed by atoms with E-state index in [1.165, 1.54) is 6.20 Å². The number of halogens is 3. The fraction of sp³-hybridized carbons (Fsp3) is 0.320. The summed E-state index contributed by atoms with van der Waals surface area (Å²) in [5.74, 6) is 0.729. The Bertz CT molecular complexity index is 1320. The van der Waals surface area contributed by atoms with Crippen LogP contribution >= 0.6 is 0 Å². The number of likely N-dealkylation sites (N-methyl/N-ethyl adjacent to an activating group) is 1. The highest BCUT2D eigenvalue weighted by Gasteiger charge is 2.36. The number of nitrogens with one attached hydrogen (secondary N) is 4. The van der Waals surface area contributed by atoms with Crippen LogP contribution < -0.4 is 16.0 Å². The Morgan fingerprint density at radius 3 is 2.75 bits per heavy atom. The SMILES string of the molecule is CN1CCC(Nc2ccc(CNc3ncc(C#N)c(-c4c[nH]c5c4C=C(C(F)(F)F)CN5)n3)cc2)C1. The normalized spacial score (nSPS) is 17.6. The van der Waals surface area contributed by atoms with Crippen LogP contribution in [0.2, 0.25) is 0 Å². The third-order valence-corrected chi connectivity index (χ3v) is 6.39. The Morgan fingerprint density at radius 2 is 2.06 bits per heavy atom. The molecule has 2 aromatic heterocycles. The van der Waals surface area contributed by atoms with Crippen molar-refractivity contribution in [2.24, 2.45) is 0 Å².